The Bertz CT molecular complexity index is 91.7. The van der Waals surface area contributed by atoms with Crippen LogP contribution in [0.3, 0.4) is 0 Å². The zero-order valence-electron chi connectivity index (χ0n) is 3.32. The summed E-state index contributed by atoms with van der Waals surface area (Å²) in [6, 6.07) is 0. The third-order valence-corrected chi connectivity index (χ3v) is 0. The van der Waals surface area contributed by atoms with Gasteiger partial charge in [0.25, 0.3) is 0 Å². The molecule has 0 fully saturated rings. The van der Waals surface area contributed by atoms with Gasteiger partial charge >= 0.3 is 10.4 Å². The molecule has 0 saturated carbocycles. The van der Waals surface area contributed by atoms with Gasteiger partial charge in [0, 0.05) is 17.1 Å². The molecule has 0 spiro atoms. The molecule has 6 nitrogen and oxygen atoms in total. The molecule has 57 valence electrons. The van der Waals surface area contributed by atoms with Crippen LogP contribution >= 0.6 is 0 Å². The third-order valence-electron chi connectivity index (χ3n) is 0. The van der Waals surface area contributed by atoms with Crippen LogP contribution in [0.15, 0.2) is 0 Å². The van der Waals surface area contributed by atoms with E-state index in [1.165, 1.54) is 0 Å². The van der Waals surface area contributed by atoms with Crippen LogP contribution in [0.5, 0.6) is 0 Å². The zero-order valence-corrected chi connectivity index (χ0v) is 5.07. The van der Waals surface area contributed by atoms with Gasteiger partial charge in [0.2, 0.25) is 0 Å². The average Bonchev–Trinajstić information content (AvgIpc) is 1.36. The zero-order chi connectivity index (χ0) is 6.50. The van der Waals surface area contributed by atoms with Crippen molar-refractivity contribution in [2.75, 3.05) is 0 Å². The van der Waals surface area contributed by atoms with Gasteiger partial charge in [-0.15, -0.1) is 0 Å². The van der Waals surface area contributed by atoms with E-state index >= 15 is 0 Å². The van der Waals surface area contributed by atoms with Gasteiger partial charge in [-0.2, -0.15) is 8.42 Å². The van der Waals surface area contributed by atoms with Crippen molar-refractivity contribution >= 4 is 10.4 Å². The largest absolute Gasteiger partial charge is 0.394 e. The summed E-state index contributed by atoms with van der Waals surface area (Å²) in [4.78, 5) is 0. The minimum absolute atomic E-state index is 0. The van der Waals surface area contributed by atoms with E-state index in [1.807, 2.05) is 0 Å². The second-order valence-electron chi connectivity index (χ2n) is 0.448. The Morgan fingerprint density at radius 1 is 1.00 bits per heavy atom. The molecule has 0 aliphatic rings. The maximum Gasteiger partial charge on any atom is 0.394 e. The first kappa shape index (κ1) is 15.7. The van der Waals surface area contributed by atoms with Gasteiger partial charge < -0.3 is 0 Å². The molecule has 0 rings (SSSR count). The van der Waals surface area contributed by atoms with E-state index < -0.39 is 10.4 Å². The number of hydrogen-bond acceptors (Lipinski definition) is 4. The van der Waals surface area contributed by atoms with Crippen LogP contribution in [-0.2, 0) is 27.5 Å². The summed E-state index contributed by atoms with van der Waals surface area (Å²) in [5.41, 5.74) is 0. The fourth-order valence-corrected chi connectivity index (χ4v) is 0. The van der Waals surface area contributed by atoms with Gasteiger partial charge in [-0.1, -0.05) is 0 Å². The molecule has 8 heteroatoms. The first-order chi connectivity index (χ1) is 3.00. The topological polar surface area (TPSA) is 115 Å². The van der Waals surface area contributed by atoms with Crippen molar-refractivity contribution in [3.05, 3.63) is 0 Å². The molecule has 0 saturated heterocycles. The maximum absolute atomic E-state index is 8.74. The van der Waals surface area contributed by atoms with E-state index in [0.717, 1.165) is 0 Å². The predicted molar refractivity (Wildman–Crippen MR) is 19.4 cm³/mol. The summed E-state index contributed by atoms with van der Waals surface area (Å²) in [7, 11) is -4.67. The quantitative estimate of drug-likeness (QED) is 0.177. The Morgan fingerprint density at radius 3 is 1.00 bits per heavy atom. The van der Waals surface area contributed by atoms with E-state index in [1.54, 1.807) is 0 Å². The summed E-state index contributed by atoms with van der Waals surface area (Å²) in [6.07, 6.45) is 0. The summed E-state index contributed by atoms with van der Waals surface area (Å²) in [5.74, 6) is 0. The fraction of sp³-hybridized carbons (Fsp3) is 0. The van der Waals surface area contributed by atoms with E-state index in [0.29, 0.717) is 0 Å². The Labute approximate surface area is 56.1 Å². The van der Waals surface area contributed by atoms with Gasteiger partial charge in [-0.05, 0) is 0 Å². The Hall–Kier alpha value is 0.309. The van der Waals surface area contributed by atoms with Crippen molar-refractivity contribution in [2.24, 2.45) is 0 Å². The van der Waals surface area contributed by atoms with Gasteiger partial charge in [-0.25, -0.2) is 0 Å². The van der Waals surface area contributed by atoms with Crippen molar-refractivity contribution < 1.29 is 45.1 Å². The molecule has 8 heavy (non-hydrogen) atoms. The first-order valence-corrected chi connectivity index (χ1v) is 2.30. The Morgan fingerprint density at radius 2 is 1.00 bits per heavy atom. The molecule has 0 aromatic heterocycles. The molecular weight excluding hydrogens is 192 g/mol. The van der Waals surface area contributed by atoms with Crippen LogP contribution in [0, 0.1) is 0 Å². The molecule has 0 unspecified atom stereocenters. The van der Waals surface area contributed by atoms with Gasteiger partial charge in [0.15, 0.2) is 0 Å². The number of hydrogen-bond donors (Lipinski definition) is 4. The second kappa shape index (κ2) is 7.31. The van der Waals surface area contributed by atoms with Crippen molar-refractivity contribution in [1.82, 2.24) is 0 Å². The van der Waals surface area contributed by atoms with Crippen LogP contribution in [-0.4, -0.2) is 28.0 Å². The molecule has 0 heterocycles. The molecule has 0 atom stereocenters. The molecule has 0 amide bonds. The third kappa shape index (κ3) is 1860. The van der Waals surface area contributed by atoms with Crippen molar-refractivity contribution in [1.29, 1.82) is 0 Å². The SMILES string of the molecule is O=S(=O)(O)O.OO.[Cu]. The van der Waals surface area contributed by atoms with Crippen LogP contribution in [0.4, 0.5) is 0 Å². The van der Waals surface area contributed by atoms with E-state index in [9.17, 15) is 0 Å². The average molecular weight is 196 g/mol. The van der Waals surface area contributed by atoms with Gasteiger partial charge in [-0.3, -0.25) is 19.6 Å². The maximum atomic E-state index is 8.74. The summed E-state index contributed by atoms with van der Waals surface area (Å²) in [6.45, 7) is 0. The van der Waals surface area contributed by atoms with E-state index in [4.69, 9.17) is 28.0 Å². The molecule has 4 N–H and O–H groups in total. The number of rotatable bonds is 0. The molecular formula is H4CuO6S. The Kier molecular flexibility index (Phi) is 14.4. The fourth-order valence-electron chi connectivity index (χ4n) is 0. The van der Waals surface area contributed by atoms with Crippen molar-refractivity contribution in [3.8, 4) is 0 Å². The molecule has 0 aromatic carbocycles. The smallest absolute Gasteiger partial charge is 0.264 e. The second-order valence-corrected chi connectivity index (χ2v) is 1.34. The summed E-state index contributed by atoms with van der Waals surface area (Å²) < 4.78 is 31.6. The molecule has 0 aliphatic carbocycles. The van der Waals surface area contributed by atoms with Crippen LogP contribution in [0.2, 0.25) is 0 Å². The summed E-state index contributed by atoms with van der Waals surface area (Å²) >= 11 is 0. The van der Waals surface area contributed by atoms with Gasteiger partial charge in [0.1, 0.15) is 0 Å². The predicted octanol–water partition coefficient (Wildman–Crippen LogP) is -0.638. The van der Waals surface area contributed by atoms with Crippen molar-refractivity contribution in [3.63, 3.8) is 0 Å². The monoisotopic (exact) mass is 195 g/mol. The molecule has 0 aliphatic heterocycles. The van der Waals surface area contributed by atoms with E-state index in [-0.39, 0.29) is 17.1 Å². The van der Waals surface area contributed by atoms with E-state index in [2.05, 4.69) is 0 Å². The normalized spacial score (nSPS) is 8.00. The first-order valence-electron chi connectivity index (χ1n) is 0.898. The van der Waals surface area contributed by atoms with Crippen LogP contribution in [0.1, 0.15) is 0 Å². The molecule has 0 aromatic rings. The van der Waals surface area contributed by atoms with Crippen molar-refractivity contribution in [2.45, 2.75) is 0 Å². The Balaban J connectivity index is -0.0000000750. The summed E-state index contributed by atoms with van der Waals surface area (Å²) in [5, 5.41) is 12.0. The van der Waals surface area contributed by atoms with Crippen LogP contribution in [0.25, 0.3) is 0 Å². The molecule has 0 bridgehead atoms. The van der Waals surface area contributed by atoms with Crippen LogP contribution < -0.4 is 0 Å². The molecule has 1 radical (unpaired) electrons. The minimum Gasteiger partial charge on any atom is -0.264 e. The van der Waals surface area contributed by atoms with Gasteiger partial charge in [0.05, 0.1) is 0 Å². The standard InChI is InChI=1S/Cu.H2O4S.H2O2/c;1-5(2,3)4;1-2/h;(H2,1,2,3,4);1-2H. The minimum atomic E-state index is -4.67.